The third kappa shape index (κ3) is 6.21. The van der Waals surface area contributed by atoms with Crippen LogP contribution in [0.2, 0.25) is 0 Å². The maximum absolute atomic E-state index is 11.7. The summed E-state index contributed by atoms with van der Waals surface area (Å²) >= 11 is 0. The Balaban J connectivity index is 1.97. The van der Waals surface area contributed by atoms with Crippen molar-refractivity contribution in [2.45, 2.75) is 83.7 Å². The SMILES string of the molecule is CCCCCCCC(=O)CCC1CCCC1O. The van der Waals surface area contributed by atoms with E-state index in [9.17, 15) is 9.90 Å². The zero-order valence-electron chi connectivity index (χ0n) is 11.3. The zero-order valence-corrected chi connectivity index (χ0v) is 11.3. The molecule has 2 heteroatoms. The third-order valence-corrected chi connectivity index (χ3v) is 3.97. The molecule has 2 unspecified atom stereocenters. The van der Waals surface area contributed by atoms with Crippen LogP contribution in [0.1, 0.15) is 77.6 Å². The van der Waals surface area contributed by atoms with Gasteiger partial charge in [-0.2, -0.15) is 0 Å². The highest BCUT2D eigenvalue weighted by molar-refractivity contribution is 5.78. The van der Waals surface area contributed by atoms with E-state index in [0.29, 0.717) is 18.1 Å². The van der Waals surface area contributed by atoms with Crippen molar-refractivity contribution in [3.8, 4) is 0 Å². The molecule has 100 valence electrons. The summed E-state index contributed by atoms with van der Waals surface area (Å²) in [6.45, 7) is 2.21. The van der Waals surface area contributed by atoms with Gasteiger partial charge in [-0.15, -0.1) is 0 Å². The van der Waals surface area contributed by atoms with Crippen molar-refractivity contribution in [2.75, 3.05) is 0 Å². The lowest BCUT2D eigenvalue weighted by Crippen LogP contribution is -2.14. The van der Waals surface area contributed by atoms with Crippen LogP contribution >= 0.6 is 0 Å². The molecule has 0 radical (unpaired) electrons. The number of carbonyl (C=O) groups is 1. The number of rotatable bonds is 9. The van der Waals surface area contributed by atoms with E-state index in [2.05, 4.69) is 6.92 Å². The summed E-state index contributed by atoms with van der Waals surface area (Å²) in [7, 11) is 0. The fourth-order valence-corrected chi connectivity index (χ4v) is 2.75. The second kappa shape index (κ2) is 8.68. The standard InChI is InChI=1S/C15H28O2/c1-2-3-4-5-6-9-14(16)12-11-13-8-7-10-15(13)17/h13,15,17H,2-12H2,1H3. The maximum Gasteiger partial charge on any atom is 0.132 e. The Morgan fingerprint density at radius 2 is 1.88 bits per heavy atom. The molecule has 0 spiro atoms. The summed E-state index contributed by atoms with van der Waals surface area (Å²) in [6, 6.07) is 0. The van der Waals surface area contributed by atoms with Gasteiger partial charge in [-0.3, -0.25) is 4.79 Å². The Kier molecular flexibility index (Phi) is 7.50. The normalized spacial score (nSPS) is 24.1. The predicted octanol–water partition coefficient (Wildman–Crippen LogP) is 3.86. The van der Waals surface area contributed by atoms with Crippen LogP contribution in [0.25, 0.3) is 0 Å². The van der Waals surface area contributed by atoms with Gasteiger partial charge in [-0.1, -0.05) is 39.0 Å². The Hall–Kier alpha value is -0.370. The molecule has 0 amide bonds. The van der Waals surface area contributed by atoms with Crippen molar-refractivity contribution in [2.24, 2.45) is 5.92 Å². The van der Waals surface area contributed by atoms with Gasteiger partial charge in [0.1, 0.15) is 5.78 Å². The minimum absolute atomic E-state index is 0.132. The molecular weight excluding hydrogens is 212 g/mol. The van der Waals surface area contributed by atoms with Gasteiger partial charge in [-0.25, -0.2) is 0 Å². The summed E-state index contributed by atoms with van der Waals surface area (Å²) in [4.78, 5) is 11.7. The Labute approximate surface area is 106 Å². The van der Waals surface area contributed by atoms with Crippen molar-refractivity contribution in [3.63, 3.8) is 0 Å². The van der Waals surface area contributed by atoms with E-state index >= 15 is 0 Å². The number of hydrogen-bond acceptors (Lipinski definition) is 2. The molecular formula is C15H28O2. The summed E-state index contributed by atoms with van der Waals surface area (Å²) < 4.78 is 0. The summed E-state index contributed by atoms with van der Waals surface area (Å²) in [5.74, 6) is 0.805. The lowest BCUT2D eigenvalue weighted by molar-refractivity contribution is -0.119. The first-order valence-electron chi connectivity index (χ1n) is 7.43. The van der Waals surface area contributed by atoms with Crippen molar-refractivity contribution >= 4 is 5.78 Å². The largest absolute Gasteiger partial charge is 0.393 e. The summed E-state index contributed by atoms with van der Waals surface area (Å²) in [5, 5.41) is 9.66. The lowest BCUT2D eigenvalue weighted by Gasteiger charge is -2.13. The number of hydrogen-bond donors (Lipinski definition) is 1. The van der Waals surface area contributed by atoms with Crippen molar-refractivity contribution < 1.29 is 9.90 Å². The highest BCUT2D eigenvalue weighted by Crippen LogP contribution is 2.29. The highest BCUT2D eigenvalue weighted by Gasteiger charge is 2.25. The molecule has 1 rings (SSSR count). The van der Waals surface area contributed by atoms with E-state index in [0.717, 1.165) is 38.5 Å². The predicted molar refractivity (Wildman–Crippen MR) is 71.0 cm³/mol. The quantitative estimate of drug-likeness (QED) is 0.621. The number of aliphatic hydroxyl groups excluding tert-OH is 1. The second-order valence-corrected chi connectivity index (χ2v) is 5.50. The molecule has 0 aromatic rings. The van der Waals surface area contributed by atoms with Crippen LogP contribution in [0.5, 0.6) is 0 Å². The second-order valence-electron chi connectivity index (χ2n) is 5.50. The Morgan fingerprint density at radius 3 is 2.53 bits per heavy atom. The topological polar surface area (TPSA) is 37.3 Å². The van der Waals surface area contributed by atoms with Crippen LogP contribution in [-0.2, 0) is 4.79 Å². The van der Waals surface area contributed by atoms with Crippen molar-refractivity contribution in [1.29, 1.82) is 0 Å². The molecule has 1 aliphatic rings. The molecule has 1 aliphatic carbocycles. The highest BCUT2D eigenvalue weighted by atomic mass is 16.3. The van der Waals surface area contributed by atoms with Gasteiger partial charge in [0.2, 0.25) is 0 Å². The molecule has 1 fully saturated rings. The fraction of sp³-hybridized carbons (Fsp3) is 0.933. The Bertz CT molecular complexity index is 213. The minimum Gasteiger partial charge on any atom is -0.393 e. The van der Waals surface area contributed by atoms with E-state index < -0.39 is 0 Å². The molecule has 17 heavy (non-hydrogen) atoms. The van der Waals surface area contributed by atoms with Crippen LogP contribution < -0.4 is 0 Å². The van der Waals surface area contributed by atoms with Gasteiger partial charge >= 0.3 is 0 Å². The van der Waals surface area contributed by atoms with Crippen molar-refractivity contribution in [1.82, 2.24) is 0 Å². The molecule has 0 aliphatic heterocycles. The van der Waals surface area contributed by atoms with Crippen LogP contribution in [0.4, 0.5) is 0 Å². The molecule has 1 N–H and O–H groups in total. The first-order valence-corrected chi connectivity index (χ1v) is 7.43. The third-order valence-electron chi connectivity index (χ3n) is 3.97. The van der Waals surface area contributed by atoms with Gasteiger partial charge < -0.3 is 5.11 Å². The molecule has 1 saturated carbocycles. The van der Waals surface area contributed by atoms with Gasteiger partial charge in [0, 0.05) is 12.8 Å². The number of unbranched alkanes of at least 4 members (excludes halogenated alkanes) is 4. The number of carbonyl (C=O) groups excluding carboxylic acids is 1. The number of aliphatic hydroxyl groups is 1. The monoisotopic (exact) mass is 240 g/mol. The van der Waals surface area contributed by atoms with Crippen LogP contribution in [0.15, 0.2) is 0 Å². The first-order chi connectivity index (χ1) is 8.24. The van der Waals surface area contributed by atoms with Gasteiger partial charge in [0.05, 0.1) is 6.10 Å². The number of Topliss-reactive ketones (excluding diaryl/α,β-unsaturated/α-hetero) is 1. The maximum atomic E-state index is 11.7. The molecule has 0 saturated heterocycles. The van der Waals surface area contributed by atoms with Crippen LogP contribution in [0, 0.1) is 5.92 Å². The molecule has 2 atom stereocenters. The molecule has 0 aromatic carbocycles. The molecule has 0 aromatic heterocycles. The van der Waals surface area contributed by atoms with Gasteiger partial charge in [0.15, 0.2) is 0 Å². The van der Waals surface area contributed by atoms with E-state index in [1.807, 2.05) is 0 Å². The van der Waals surface area contributed by atoms with E-state index in [-0.39, 0.29) is 6.10 Å². The Morgan fingerprint density at radius 1 is 1.12 bits per heavy atom. The van der Waals surface area contributed by atoms with Crippen LogP contribution in [-0.4, -0.2) is 17.0 Å². The smallest absolute Gasteiger partial charge is 0.132 e. The number of ketones is 1. The molecule has 2 nitrogen and oxygen atoms in total. The van der Waals surface area contributed by atoms with Gasteiger partial charge in [0.25, 0.3) is 0 Å². The average Bonchev–Trinajstić information content (AvgIpc) is 2.72. The molecule has 0 bridgehead atoms. The van der Waals surface area contributed by atoms with Crippen molar-refractivity contribution in [3.05, 3.63) is 0 Å². The average molecular weight is 240 g/mol. The van der Waals surface area contributed by atoms with Gasteiger partial charge in [-0.05, 0) is 31.6 Å². The lowest BCUT2D eigenvalue weighted by atomic mass is 9.96. The van der Waals surface area contributed by atoms with E-state index in [4.69, 9.17) is 0 Å². The van der Waals surface area contributed by atoms with E-state index in [1.54, 1.807) is 0 Å². The van der Waals surface area contributed by atoms with E-state index in [1.165, 1.54) is 25.7 Å². The summed E-state index contributed by atoms with van der Waals surface area (Å²) in [5.41, 5.74) is 0. The summed E-state index contributed by atoms with van der Waals surface area (Å²) in [6.07, 6.45) is 11.5. The first kappa shape index (κ1) is 14.7. The van der Waals surface area contributed by atoms with Crippen LogP contribution in [0.3, 0.4) is 0 Å². The minimum atomic E-state index is -0.132. The fourth-order valence-electron chi connectivity index (χ4n) is 2.75. The molecule has 0 heterocycles. The zero-order chi connectivity index (χ0) is 12.5.